The summed E-state index contributed by atoms with van der Waals surface area (Å²) in [4.78, 5) is 23.1. The van der Waals surface area contributed by atoms with Gasteiger partial charge in [-0.05, 0) is 43.9 Å². The van der Waals surface area contributed by atoms with E-state index < -0.39 is 50.5 Å². The monoisotopic (exact) mass is 826 g/mol. The summed E-state index contributed by atoms with van der Waals surface area (Å²) in [7, 11) is -3.09. The Kier molecular flexibility index (Phi) is 20.0. The Hall–Kier alpha value is -2.82. The summed E-state index contributed by atoms with van der Waals surface area (Å²) < 4.78 is 72.2. The van der Waals surface area contributed by atoms with Gasteiger partial charge in [0.05, 0.1) is 32.3 Å². The van der Waals surface area contributed by atoms with Crippen LogP contribution < -0.4 is 11.1 Å². The van der Waals surface area contributed by atoms with Gasteiger partial charge in [0.15, 0.2) is 28.9 Å². The number of halogens is 2. The number of ether oxygens (including phenoxy) is 3. The van der Waals surface area contributed by atoms with Gasteiger partial charge in [0, 0.05) is 20.3 Å². The van der Waals surface area contributed by atoms with Crippen molar-refractivity contribution in [1.82, 2.24) is 19.5 Å². The van der Waals surface area contributed by atoms with Crippen LogP contribution in [-0.2, 0) is 34.4 Å². The highest BCUT2D eigenvalue weighted by atomic mass is 31.2. The number of unbranched alkanes of at least 4 members (excludes halogenated alkanes) is 13. The predicted octanol–water partition coefficient (Wildman–Crippen LogP) is 8.57. The molecule has 1 aliphatic heterocycles. The van der Waals surface area contributed by atoms with Crippen molar-refractivity contribution in [3.63, 3.8) is 0 Å². The molecule has 322 valence electrons. The number of anilines is 2. The summed E-state index contributed by atoms with van der Waals surface area (Å²) in [6, 6.07) is 6.03. The number of imidazole rings is 1. The fourth-order valence-electron chi connectivity index (χ4n) is 6.97. The minimum atomic E-state index is -4.71. The zero-order valence-corrected chi connectivity index (χ0v) is 34.9. The second kappa shape index (κ2) is 24.3. The fourth-order valence-corrected chi connectivity index (χ4v) is 7.73. The van der Waals surface area contributed by atoms with Gasteiger partial charge < -0.3 is 35.3 Å². The zero-order chi connectivity index (χ0) is 41.1. The Morgan fingerprint density at radius 3 is 2.30 bits per heavy atom. The Morgan fingerprint density at radius 1 is 1.00 bits per heavy atom. The smallest absolute Gasteiger partial charge is 0.387 e. The first-order valence-electron chi connectivity index (χ1n) is 20.7. The molecule has 0 bridgehead atoms. The second-order valence-corrected chi connectivity index (χ2v) is 16.6. The normalized spacial score (nSPS) is 21.3. The first-order valence-corrected chi connectivity index (χ1v) is 22.2. The first-order chi connectivity index (χ1) is 27.4. The number of nitrogens with zero attached hydrogens (tertiary/aromatic N) is 4. The fraction of sp³-hybridized carbons (Fsp3) is 0.725. The number of phosphoric ester groups is 1. The molecule has 1 saturated heterocycles. The van der Waals surface area contributed by atoms with Gasteiger partial charge in [0.1, 0.15) is 18.0 Å². The van der Waals surface area contributed by atoms with Gasteiger partial charge in [-0.3, -0.25) is 13.6 Å². The number of aliphatic hydroxyl groups is 1. The Bertz CT molecular complexity index is 1650. The molecule has 3 aromatic rings. The molecule has 1 fully saturated rings. The van der Waals surface area contributed by atoms with Crippen LogP contribution in [0.5, 0.6) is 0 Å². The van der Waals surface area contributed by atoms with Crippen LogP contribution >= 0.6 is 7.82 Å². The van der Waals surface area contributed by atoms with Gasteiger partial charge in [-0.2, -0.15) is 9.97 Å². The number of rotatable bonds is 30. The number of aliphatic hydroxyl groups excluding tert-OH is 1. The Labute approximate surface area is 336 Å². The lowest BCUT2D eigenvalue weighted by Gasteiger charge is -2.24. The van der Waals surface area contributed by atoms with Crippen LogP contribution in [0.25, 0.3) is 11.2 Å². The van der Waals surface area contributed by atoms with E-state index in [1.54, 1.807) is 19.2 Å². The van der Waals surface area contributed by atoms with Crippen molar-refractivity contribution in [3.8, 4) is 0 Å². The number of alkyl halides is 1. The van der Waals surface area contributed by atoms with E-state index in [9.17, 15) is 19.0 Å². The van der Waals surface area contributed by atoms with Gasteiger partial charge in [-0.25, -0.2) is 18.3 Å². The zero-order valence-electron chi connectivity index (χ0n) is 34.0. The average Bonchev–Trinajstić information content (AvgIpc) is 3.70. The molecule has 6 atom stereocenters. The SMILES string of the molecule is CCCCCCCCCOCCCCCCCCCC[C@H](COP(=O)(O)OC[C@H]1O[C@@H](n2cnc3c(NC)nc(N)nc32)[C@](C)(F)C1O)OCc1cccc(F)c1. The minimum Gasteiger partial charge on any atom is -0.387 e. The third-order valence-electron chi connectivity index (χ3n) is 10.3. The maximum atomic E-state index is 16.0. The largest absolute Gasteiger partial charge is 0.472 e. The minimum absolute atomic E-state index is 0.0824. The summed E-state index contributed by atoms with van der Waals surface area (Å²) in [5.41, 5.74) is 4.55. The van der Waals surface area contributed by atoms with Gasteiger partial charge >= 0.3 is 7.82 Å². The summed E-state index contributed by atoms with van der Waals surface area (Å²) >= 11 is 0. The molecule has 17 heteroatoms. The lowest BCUT2D eigenvalue weighted by atomic mass is 9.98. The number of nitrogens with two attached hydrogens (primary N) is 1. The molecule has 3 heterocycles. The van der Waals surface area contributed by atoms with Gasteiger partial charge in [-0.1, -0.05) is 103 Å². The molecule has 1 aromatic carbocycles. The number of phosphoric acid groups is 1. The topological polar surface area (TPSA) is 185 Å². The molecule has 0 radical (unpaired) electrons. The molecule has 2 unspecified atom stereocenters. The van der Waals surface area contributed by atoms with E-state index in [-0.39, 0.29) is 24.8 Å². The van der Waals surface area contributed by atoms with Gasteiger partial charge in [-0.15, -0.1) is 0 Å². The summed E-state index contributed by atoms with van der Waals surface area (Å²) in [5.74, 6) is -0.151. The van der Waals surface area contributed by atoms with E-state index in [1.165, 1.54) is 68.0 Å². The molecule has 0 spiro atoms. The van der Waals surface area contributed by atoms with Crippen LogP contribution in [0.3, 0.4) is 0 Å². The maximum Gasteiger partial charge on any atom is 0.472 e. The molecule has 0 amide bonds. The third kappa shape index (κ3) is 15.4. The molecule has 0 saturated carbocycles. The molecule has 14 nitrogen and oxygen atoms in total. The van der Waals surface area contributed by atoms with Crippen molar-refractivity contribution in [1.29, 1.82) is 0 Å². The summed E-state index contributed by atoms with van der Waals surface area (Å²) in [6.07, 6.45) is 14.3. The number of nitrogens with one attached hydrogen (secondary N) is 1. The molecule has 4 rings (SSSR count). The number of aromatic nitrogens is 4. The summed E-state index contributed by atoms with van der Waals surface area (Å²) in [6.45, 7) is 4.23. The Morgan fingerprint density at radius 2 is 1.65 bits per heavy atom. The van der Waals surface area contributed by atoms with Crippen LogP contribution in [0, 0.1) is 5.82 Å². The maximum absolute atomic E-state index is 16.0. The highest BCUT2D eigenvalue weighted by Gasteiger charge is 2.56. The van der Waals surface area contributed by atoms with Crippen LogP contribution in [0.2, 0.25) is 0 Å². The average molecular weight is 827 g/mol. The second-order valence-electron chi connectivity index (χ2n) is 15.1. The first kappa shape index (κ1) is 46.9. The third-order valence-corrected chi connectivity index (χ3v) is 11.3. The van der Waals surface area contributed by atoms with Crippen molar-refractivity contribution in [2.24, 2.45) is 0 Å². The highest BCUT2D eigenvalue weighted by Crippen LogP contribution is 2.47. The van der Waals surface area contributed by atoms with Crippen molar-refractivity contribution in [2.75, 3.05) is 44.5 Å². The van der Waals surface area contributed by atoms with Crippen molar-refractivity contribution in [3.05, 3.63) is 42.0 Å². The van der Waals surface area contributed by atoms with E-state index in [4.69, 9.17) is 29.0 Å². The molecular formula is C40H65F2N6O8P. The van der Waals surface area contributed by atoms with Gasteiger partial charge in [0.2, 0.25) is 5.95 Å². The van der Waals surface area contributed by atoms with Crippen molar-refractivity contribution in [2.45, 2.75) is 153 Å². The molecule has 5 N–H and O–H groups in total. The Balaban J connectivity index is 1.17. The highest BCUT2D eigenvalue weighted by molar-refractivity contribution is 7.47. The number of nitrogen functional groups attached to an aromatic ring is 1. The van der Waals surface area contributed by atoms with E-state index >= 15 is 4.39 Å². The quantitative estimate of drug-likeness (QED) is 0.0370. The van der Waals surface area contributed by atoms with E-state index in [0.29, 0.717) is 23.3 Å². The lowest BCUT2D eigenvalue weighted by Crippen LogP contribution is -2.40. The summed E-state index contributed by atoms with van der Waals surface area (Å²) in [5, 5.41) is 13.7. The molecular weight excluding hydrogens is 761 g/mol. The van der Waals surface area contributed by atoms with Crippen molar-refractivity contribution < 1.29 is 46.6 Å². The van der Waals surface area contributed by atoms with Gasteiger partial charge in [0.25, 0.3) is 0 Å². The van der Waals surface area contributed by atoms with E-state index in [2.05, 4.69) is 27.2 Å². The molecule has 1 aliphatic rings. The number of benzene rings is 1. The number of hydrogen-bond donors (Lipinski definition) is 4. The number of hydrogen-bond acceptors (Lipinski definition) is 12. The van der Waals surface area contributed by atoms with E-state index in [0.717, 1.165) is 71.5 Å². The van der Waals surface area contributed by atoms with Crippen LogP contribution in [0.4, 0.5) is 20.5 Å². The van der Waals surface area contributed by atoms with E-state index in [1.807, 2.05) is 0 Å². The van der Waals surface area contributed by atoms with Crippen LogP contribution in [-0.4, -0.2) is 87.0 Å². The molecule has 2 aromatic heterocycles. The lowest BCUT2D eigenvalue weighted by molar-refractivity contribution is -0.0585. The van der Waals surface area contributed by atoms with Crippen LogP contribution in [0.1, 0.15) is 128 Å². The van der Waals surface area contributed by atoms with Crippen LogP contribution in [0.15, 0.2) is 30.6 Å². The predicted molar refractivity (Wildman–Crippen MR) is 216 cm³/mol. The molecule has 0 aliphatic carbocycles. The number of fused-ring (bicyclic) bond motifs is 1. The molecule has 57 heavy (non-hydrogen) atoms. The standard InChI is InChI=1S/C40H65F2N6O8P/c1-4-5-6-7-11-14-17-23-52-24-18-15-12-9-8-10-13-16-22-32(53-26-30-20-19-21-31(41)25-30)27-54-57(50,51)55-28-33-35(49)40(2,42)38(56-33)48-29-45-34-36(44-3)46-39(43)47-37(34)48/h19-21,25,29,32-33,35,38,49H,4-18,22-24,26-28H2,1-3H3,(H,50,51)(H3,43,44,46,47)/t32-,33-,35?,38-,40-/m1/s1. The van der Waals surface area contributed by atoms with Crippen molar-refractivity contribution >= 4 is 30.8 Å².